The van der Waals surface area contributed by atoms with Crippen LogP contribution in [-0.4, -0.2) is 18.2 Å². The van der Waals surface area contributed by atoms with E-state index in [1.54, 1.807) is 6.26 Å². The molecule has 0 saturated carbocycles. The van der Waals surface area contributed by atoms with Gasteiger partial charge in [-0.2, -0.15) is 0 Å². The molecule has 1 aliphatic rings. The second kappa shape index (κ2) is 4.96. The monoisotopic (exact) mass is 269 g/mol. The summed E-state index contributed by atoms with van der Waals surface area (Å²) in [6, 6.07) is 7.81. The van der Waals surface area contributed by atoms with Crippen molar-refractivity contribution in [2.24, 2.45) is 0 Å². The van der Waals surface area contributed by atoms with Crippen molar-refractivity contribution in [3.63, 3.8) is 0 Å². The van der Waals surface area contributed by atoms with E-state index >= 15 is 0 Å². The molecule has 2 aromatic rings. The number of hydrogen-bond donors (Lipinski definition) is 1. The van der Waals surface area contributed by atoms with Crippen molar-refractivity contribution in [1.82, 2.24) is 5.32 Å². The number of fused-ring (bicyclic) bond motifs is 3. The molecular weight excluding hydrogens is 254 g/mol. The zero-order valence-electron chi connectivity index (χ0n) is 11.2. The molecule has 0 aliphatic heterocycles. The maximum absolute atomic E-state index is 12.0. The van der Waals surface area contributed by atoms with E-state index in [9.17, 15) is 9.59 Å². The highest BCUT2D eigenvalue weighted by molar-refractivity contribution is 6.05. The van der Waals surface area contributed by atoms with Gasteiger partial charge in [0.05, 0.1) is 6.26 Å². The normalized spacial score (nSPS) is 12.8. The number of carbonyl (C=O) groups excluding carboxylic acids is 2. The van der Waals surface area contributed by atoms with Gasteiger partial charge in [0.15, 0.2) is 5.76 Å². The van der Waals surface area contributed by atoms with Crippen LogP contribution in [0, 0.1) is 0 Å². The number of rotatable bonds is 3. The van der Waals surface area contributed by atoms with Crippen molar-refractivity contribution >= 4 is 11.7 Å². The summed E-state index contributed by atoms with van der Waals surface area (Å²) in [5.74, 6) is 0.440. The zero-order valence-corrected chi connectivity index (χ0v) is 11.2. The first-order valence-corrected chi connectivity index (χ1v) is 6.63. The predicted octanol–water partition coefficient (Wildman–Crippen LogP) is 2.36. The number of Topliss-reactive ketones (excluding diaryl/α,β-unsaturated/α-hetero) is 1. The number of benzene rings is 1. The number of carbonyl (C=O) groups is 2. The van der Waals surface area contributed by atoms with E-state index in [4.69, 9.17) is 4.42 Å². The molecule has 1 amide bonds. The third-order valence-corrected chi connectivity index (χ3v) is 3.54. The van der Waals surface area contributed by atoms with E-state index in [-0.39, 0.29) is 11.7 Å². The summed E-state index contributed by atoms with van der Waals surface area (Å²) < 4.78 is 5.30. The SMILES string of the molecule is CC(=O)NCCc1cccc2c1-c1ccoc1C(=O)C2. The molecule has 0 saturated heterocycles. The third kappa shape index (κ3) is 2.13. The van der Waals surface area contributed by atoms with Crippen LogP contribution in [0.25, 0.3) is 11.1 Å². The van der Waals surface area contributed by atoms with Crippen LogP contribution in [0.4, 0.5) is 0 Å². The minimum atomic E-state index is -0.0334. The Morgan fingerprint density at radius 2 is 2.20 bits per heavy atom. The molecule has 0 bridgehead atoms. The van der Waals surface area contributed by atoms with Crippen molar-refractivity contribution in [3.05, 3.63) is 47.4 Å². The Morgan fingerprint density at radius 1 is 1.35 bits per heavy atom. The second-order valence-corrected chi connectivity index (χ2v) is 4.95. The molecule has 4 nitrogen and oxygen atoms in total. The number of hydrogen-bond acceptors (Lipinski definition) is 3. The van der Waals surface area contributed by atoms with Gasteiger partial charge in [-0.3, -0.25) is 9.59 Å². The van der Waals surface area contributed by atoms with Crippen LogP contribution < -0.4 is 5.32 Å². The molecule has 4 heteroatoms. The van der Waals surface area contributed by atoms with Gasteiger partial charge in [0.25, 0.3) is 0 Å². The maximum atomic E-state index is 12.0. The van der Waals surface area contributed by atoms with Crippen molar-refractivity contribution in [2.45, 2.75) is 19.8 Å². The lowest BCUT2D eigenvalue weighted by atomic mass is 9.85. The van der Waals surface area contributed by atoms with E-state index < -0.39 is 0 Å². The highest BCUT2D eigenvalue weighted by atomic mass is 16.3. The number of nitrogens with one attached hydrogen (secondary N) is 1. The van der Waals surface area contributed by atoms with Gasteiger partial charge in [0.2, 0.25) is 11.7 Å². The van der Waals surface area contributed by atoms with Crippen LogP contribution >= 0.6 is 0 Å². The van der Waals surface area contributed by atoms with Crippen LogP contribution in [0.1, 0.15) is 28.6 Å². The summed E-state index contributed by atoms with van der Waals surface area (Å²) in [5.41, 5.74) is 4.12. The summed E-state index contributed by atoms with van der Waals surface area (Å²) in [6.07, 6.45) is 2.67. The number of amides is 1. The van der Waals surface area contributed by atoms with Crippen molar-refractivity contribution in [2.75, 3.05) is 6.54 Å². The smallest absolute Gasteiger partial charge is 0.216 e. The maximum Gasteiger partial charge on any atom is 0.216 e. The molecule has 0 unspecified atom stereocenters. The predicted molar refractivity (Wildman–Crippen MR) is 74.6 cm³/mol. The summed E-state index contributed by atoms with van der Waals surface area (Å²) in [6.45, 7) is 2.10. The van der Waals surface area contributed by atoms with Crippen LogP contribution in [0.5, 0.6) is 0 Å². The van der Waals surface area contributed by atoms with E-state index in [0.29, 0.717) is 18.7 Å². The van der Waals surface area contributed by atoms with E-state index in [1.807, 2.05) is 24.3 Å². The van der Waals surface area contributed by atoms with Crippen LogP contribution in [-0.2, 0) is 17.6 Å². The Hall–Kier alpha value is -2.36. The van der Waals surface area contributed by atoms with Crippen molar-refractivity contribution in [1.29, 1.82) is 0 Å². The first-order valence-electron chi connectivity index (χ1n) is 6.63. The highest BCUT2D eigenvalue weighted by Crippen LogP contribution is 2.36. The van der Waals surface area contributed by atoms with Crippen molar-refractivity contribution in [3.8, 4) is 11.1 Å². The quantitative estimate of drug-likeness (QED) is 0.930. The standard InChI is InChI=1S/C16H15NO3/c1-10(18)17-7-5-11-3-2-4-12-9-14(19)16-13(15(11)12)6-8-20-16/h2-4,6,8H,5,7,9H2,1H3,(H,17,18). The molecule has 1 aliphatic carbocycles. The molecule has 0 spiro atoms. The minimum absolute atomic E-state index is 0.0245. The zero-order chi connectivity index (χ0) is 14.1. The lowest BCUT2D eigenvalue weighted by Gasteiger charge is -2.18. The molecule has 0 radical (unpaired) electrons. The van der Waals surface area contributed by atoms with Gasteiger partial charge in [-0.1, -0.05) is 18.2 Å². The van der Waals surface area contributed by atoms with E-state index in [2.05, 4.69) is 5.32 Å². The molecule has 1 aromatic carbocycles. The van der Waals surface area contributed by atoms with Crippen molar-refractivity contribution < 1.29 is 14.0 Å². The molecule has 1 N–H and O–H groups in total. The number of furan rings is 1. The van der Waals surface area contributed by atoms with Gasteiger partial charge in [-0.15, -0.1) is 0 Å². The Balaban J connectivity index is 1.98. The molecule has 0 fully saturated rings. The molecular formula is C16H15NO3. The van der Waals surface area contributed by atoms with Crippen LogP contribution in [0.2, 0.25) is 0 Å². The summed E-state index contributed by atoms with van der Waals surface area (Å²) in [5, 5.41) is 2.80. The van der Waals surface area contributed by atoms with E-state index in [1.165, 1.54) is 6.92 Å². The van der Waals surface area contributed by atoms with Gasteiger partial charge in [-0.05, 0) is 29.2 Å². The summed E-state index contributed by atoms with van der Waals surface area (Å²) in [7, 11) is 0. The van der Waals surface area contributed by atoms with E-state index in [0.717, 1.165) is 28.7 Å². The highest BCUT2D eigenvalue weighted by Gasteiger charge is 2.26. The molecule has 3 rings (SSSR count). The fourth-order valence-corrected chi connectivity index (χ4v) is 2.70. The van der Waals surface area contributed by atoms with Gasteiger partial charge in [0.1, 0.15) is 0 Å². The molecule has 20 heavy (non-hydrogen) atoms. The number of ketones is 1. The fraction of sp³-hybridized carbons (Fsp3) is 0.250. The van der Waals surface area contributed by atoms with Gasteiger partial charge >= 0.3 is 0 Å². The molecule has 0 atom stereocenters. The minimum Gasteiger partial charge on any atom is -0.461 e. The van der Waals surface area contributed by atoms with Gasteiger partial charge in [-0.25, -0.2) is 0 Å². The van der Waals surface area contributed by atoms with Crippen LogP contribution in [0.3, 0.4) is 0 Å². The van der Waals surface area contributed by atoms with Gasteiger partial charge in [0, 0.05) is 25.5 Å². The van der Waals surface area contributed by atoms with Gasteiger partial charge < -0.3 is 9.73 Å². The summed E-state index contributed by atoms with van der Waals surface area (Å²) in [4.78, 5) is 22.9. The Morgan fingerprint density at radius 3 is 3.00 bits per heavy atom. The third-order valence-electron chi connectivity index (χ3n) is 3.54. The topological polar surface area (TPSA) is 59.3 Å². The Bertz CT molecular complexity index is 685. The lowest BCUT2D eigenvalue weighted by Crippen LogP contribution is -2.23. The molecule has 1 aromatic heterocycles. The molecule has 1 heterocycles. The lowest BCUT2D eigenvalue weighted by molar-refractivity contribution is -0.118. The Labute approximate surface area is 116 Å². The average Bonchev–Trinajstić information content (AvgIpc) is 2.88. The second-order valence-electron chi connectivity index (χ2n) is 4.95. The summed E-state index contributed by atoms with van der Waals surface area (Å²) >= 11 is 0. The molecule has 102 valence electrons. The first-order chi connectivity index (χ1) is 9.66. The van der Waals surface area contributed by atoms with Crippen LogP contribution in [0.15, 0.2) is 34.9 Å². The first kappa shape index (κ1) is 12.7. The largest absolute Gasteiger partial charge is 0.461 e. The Kier molecular flexibility index (Phi) is 3.14. The fourth-order valence-electron chi connectivity index (χ4n) is 2.70. The average molecular weight is 269 g/mol.